The van der Waals surface area contributed by atoms with Crippen molar-refractivity contribution in [2.45, 2.75) is 12.5 Å². The number of H-pyrrole nitrogens is 1. The normalized spacial score (nSPS) is 12.3. The first-order chi connectivity index (χ1) is 8.58. The van der Waals surface area contributed by atoms with Crippen molar-refractivity contribution in [1.82, 2.24) is 4.98 Å². The lowest BCUT2D eigenvalue weighted by atomic mass is 10.1. The minimum Gasteiger partial charge on any atom is -0.375 e. The molecule has 5 N–H and O–H groups in total. The highest BCUT2D eigenvalue weighted by Gasteiger charge is 2.19. The second-order valence-electron chi connectivity index (χ2n) is 3.91. The van der Waals surface area contributed by atoms with E-state index < -0.39 is 18.1 Å². The summed E-state index contributed by atoms with van der Waals surface area (Å²) in [5, 5.41) is 0.986. The average molecular weight is 247 g/mol. The third-order valence-electron chi connectivity index (χ3n) is 2.62. The molecular weight excluding hydrogens is 234 g/mol. The van der Waals surface area contributed by atoms with E-state index in [1.165, 1.54) is 0 Å². The van der Waals surface area contributed by atoms with Gasteiger partial charge >= 0.3 is 12.1 Å². The van der Waals surface area contributed by atoms with Gasteiger partial charge in [-0.2, -0.15) is 0 Å². The molecule has 6 heteroatoms. The van der Waals surface area contributed by atoms with Crippen molar-refractivity contribution in [3.05, 3.63) is 36.0 Å². The second kappa shape index (κ2) is 4.89. The Hall–Kier alpha value is -2.34. The Bertz CT molecular complexity index is 591. The summed E-state index contributed by atoms with van der Waals surface area (Å²) in [7, 11) is 0. The number of rotatable bonds is 3. The average Bonchev–Trinajstić information content (AvgIpc) is 2.72. The molecule has 0 aliphatic heterocycles. The van der Waals surface area contributed by atoms with Crippen LogP contribution >= 0.6 is 0 Å². The van der Waals surface area contributed by atoms with Crippen molar-refractivity contribution in [3.63, 3.8) is 0 Å². The highest BCUT2D eigenvalue weighted by atomic mass is 16.6. The van der Waals surface area contributed by atoms with Crippen molar-refractivity contribution in [2.24, 2.45) is 11.5 Å². The van der Waals surface area contributed by atoms with Gasteiger partial charge in [0.25, 0.3) is 0 Å². The van der Waals surface area contributed by atoms with E-state index in [1.54, 1.807) is 6.20 Å². The standard InChI is InChI=1S/C12H13N3O3/c13-9(11(16)18-12(14)17)5-7-6-15-10-4-2-1-3-8(7)10/h1-4,6,9,15H,5,13H2,(H2,14,17). The number of fused-ring (bicyclic) bond motifs is 1. The fourth-order valence-corrected chi connectivity index (χ4v) is 1.80. The third-order valence-corrected chi connectivity index (χ3v) is 2.62. The Kier molecular flexibility index (Phi) is 3.29. The fraction of sp³-hybridized carbons (Fsp3) is 0.167. The summed E-state index contributed by atoms with van der Waals surface area (Å²) in [6, 6.07) is 6.73. The van der Waals surface area contributed by atoms with Crippen molar-refractivity contribution >= 4 is 23.0 Å². The number of hydrogen-bond donors (Lipinski definition) is 3. The number of carbonyl (C=O) groups excluding carboxylic acids is 2. The number of amides is 1. The second-order valence-corrected chi connectivity index (χ2v) is 3.91. The van der Waals surface area contributed by atoms with E-state index in [0.717, 1.165) is 16.5 Å². The Balaban J connectivity index is 2.14. The number of aromatic amines is 1. The van der Waals surface area contributed by atoms with Crippen molar-refractivity contribution in [2.75, 3.05) is 0 Å². The number of esters is 1. The molecule has 0 aliphatic carbocycles. The van der Waals surface area contributed by atoms with Crippen LogP contribution in [0.1, 0.15) is 5.56 Å². The summed E-state index contributed by atoms with van der Waals surface area (Å²) in [5.41, 5.74) is 12.3. The highest BCUT2D eigenvalue weighted by molar-refractivity contribution is 5.88. The van der Waals surface area contributed by atoms with Gasteiger partial charge in [-0.25, -0.2) is 9.59 Å². The van der Waals surface area contributed by atoms with Crippen LogP contribution in [0, 0.1) is 0 Å². The smallest absolute Gasteiger partial charge is 0.375 e. The van der Waals surface area contributed by atoms with Crippen LogP contribution in [-0.2, 0) is 16.0 Å². The molecule has 0 bridgehead atoms. The van der Waals surface area contributed by atoms with E-state index >= 15 is 0 Å². The predicted molar refractivity (Wildman–Crippen MR) is 65.7 cm³/mol. The SMILES string of the molecule is NC(=O)OC(=O)C(N)Cc1c[nH]c2ccccc12. The molecule has 0 saturated carbocycles. The lowest BCUT2D eigenvalue weighted by Crippen LogP contribution is -2.36. The van der Waals surface area contributed by atoms with E-state index in [-0.39, 0.29) is 6.42 Å². The van der Waals surface area contributed by atoms with Gasteiger partial charge in [0.2, 0.25) is 0 Å². The monoisotopic (exact) mass is 247 g/mol. The van der Waals surface area contributed by atoms with Gasteiger partial charge in [0.05, 0.1) is 0 Å². The van der Waals surface area contributed by atoms with Crippen molar-refractivity contribution in [3.8, 4) is 0 Å². The summed E-state index contributed by atoms with van der Waals surface area (Å²) < 4.78 is 4.24. The minimum atomic E-state index is -1.14. The van der Waals surface area contributed by atoms with Gasteiger partial charge in [-0.15, -0.1) is 0 Å². The lowest BCUT2D eigenvalue weighted by Gasteiger charge is -2.08. The van der Waals surface area contributed by atoms with Gasteiger partial charge < -0.3 is 21.2 Å². The van der Waals surface area contributed by atoms with Crippen LogP contribution in [0.3, 0.4) is 0 Å². The predicted octanol–water partition coefficient (Wildman–Crippen LogP) is 0.660. The largest absolute Gasteiger partial charge is 0.412 e. The van der Waals surface area contributed by atoms with E-state index in [4.69, 9.17) is 11.5 Å². The number of benzene rings is 1. The maximum atomic E-state index is 11.4. The quantitative estimate of drug-likeness (QED) is 0.546. The Morgan fingerprint density at radius 1 is 1.33 bits per heavy atom. The molecule has 0 fully saturated rings. The molecule has 0 radical (unpaired) electrons. The first-order valence-corrected chi connectivity index (χ1v) is 5.39. The molecule has 0 spiro atoms. The molecule has 1 aromatic heterocycles. The van der Waals surface area contributed by atoms with Gasteiger partial charge in [0, 0.05) is 23.5 Å². The van der Waals surface area contributed by atoms with Crippen LogP contribution in [0.4, 0.5) is 4.79 Å². The first kappa shape index (κ1) is 12.1. The van der Waals surface area contributed by atoms with Gasteiger partial charge in [-0.1, -0.05) is 18.2 Å². The molecule has 0 aliphatic rings. The zero-order valence-electron chi connectivity index (χ0n) is 9.55. The minimum absolute atomic E-state index is 0.274. The fourth-order valence-electron chi connectivity index (χ4n) is 1.80. The Morgan fingerprint density at radius 2 is 2.06 bits per heavy atom. The molecule has 0 saturated heterocycles. The summed E-state index contributed by atoms with van der Waals surface area (Å²) in [5.74, 6) is -0.826. The molecule has 94 valence electrons. The van der Waals surface area contributed by atoms with Crippen LogP contribution in [0.2, 0.25) is 0 Å². The van der Waals surface area contributed by atoms with E-state index in [0.29, 0.717) is 0 Å². The number of para-hydroxylation sites is 1. The summed E-state index contributed by atoms with van der Waals surface area (Å²) in [6.45, 7) is 0. The maximum Gasteiger partial charge on any atom is 0.412 e. The summed E-state index contributed by atoms with van der Waals surface area (Å²) in [6.07, 6.45) is 0.910. The van der Waals surface area contributed by atoms with Gasteiger partial charge in [-0.3, -0.25) is 0 Å². The third kappa shape index (κ3) is 2.49. The molecule has 2 rings (SSSR count). The van der Waals surface area contributed by atoms with Crippen molar-refractivity contribution in [1.29, 1.82) is 0 Å². The van der Waals surface area contributed by atoms with Gasteiger partial charge in [0.15, 0.2) is 0 Å². The van der Waals surface area contributed by atoms with E-state index in [2.05, 4.69) is 9.72 Å². The van der Waals surface area contributed by atoms with Crippen LogP contribution < -0.4 is 11.5 Å². The maximum absolute atomic E-state index is 11.4. The van der Waals surface area contributed by atoms with Gasteiger partial charge in [-0.05, 0) is 11.6 Å². The molecule has 18 heavy (non-hydrogen) atoms. The molecule has 6 nitrogen and oxygen atoms in total. The number of hydrogen-bond acceptors (Lipinski definition) is 4. The molecular formula is C12H13N3O3. The topological polar surface area (TPSA) is 111 Å². The first-order valence-electron chi connectivity index (χ1n) is 5.39. The van der Waals surface area contributed by atoms with Crippen LogP contribution in [0.25, 0.3) is 10.9 Å². The number of nitrogens with one attached hydrogen (secondary N) is 1. The number of aromatic nitrogens is 1. The van der Waals surface area contributed by atoms with E-state index in [1.807, 2.05) is 24.3 Å². The molecule has 1 aromatic carbocycles. The van der Waals surface area contributed by atoms with Gasteiger partial charge in [0.1, 0.15) is 6.04 Å². The molecule has 1 atom stereocenters. The summed E-state index contributed by atoms with van der Waals surface area (Å²) in [4.78, 5) is 24.9. The molecule has 1 heterocycles. The zero-order valence-corrected chi connectivity index (χ0v) is 9.55. The number of nitrogens with two attached hydrogens (primary N) is 2. The molecule has 1 unspecified atom stereocenters. The Labute approximate surface area is 103 Å². The number of ether oxygens (including phenoxy) is 1. The van der Waals surface area contributed by atoms with Crippen LogP contribution in [-0.4, -0.2) is 23.1 Å². The van der Waals surface area contributed by atoms with Crippen molar-refractivity contribution < 1.29 is 14.3 Å². The number of carbonyl (C=O) groups is 2. The highest BCUT2D eigenvalue weighted by Crippen LogP contribution is 2.18. The van der Waals surface area contributed by atoms with Crippen LogP contribution in [0.5, 0.6) is 0 Å². The Morgan fingerprint density at radius 3 is 2.78 bits per heavy atom. The van der Waals surface area contributed by atoms with E-state index in [9.17, 15) is 9.59 Å². The zero-order chi connectivity index (χ0) is 13.1. The lowest BCUT2D eigenvalue weighted by molar-refractivity contribution is -0.138. The van der Waals surface area contributed by atoms with Crippen LogP contribution in [0.15, 0.2) is 30.5 Å². The summed E-state index contributed by atoms with van der Waals surface area (Å²) >= 11 is 0. The number of primary amides is 1. The molecule has 2 aromatic rings. The molecule has 1 amide bonds.